The van der Waals surface area contributed by atoms with Crippen molar-refractivity contribution in [1.82, 2.24) is 0 Å². The van der Waals surface area contributed by atoms with Crippen LogP contribution in [0.4, 0.5) is 5.69 Å². The maximum absolute atomic E-state index is 11.0. The van der Waals surface area contributed by atoms with E-state index in [9.17, 15) is 4.79 Å². The van der Waals surface area contributed by atoms with Gasteiger partial charge in [0.05, 0.1) is 13.5 Å². The van der Waals surface area contributed by atoms with E-state index in [0.29, 0.717) is 5.69 Å². The molecule has 3 nitrogen and oxygen atoms in total. The lowest BCUT2D eigenvalue weighted by atomic mass is 10.1. The van der Waals surface area contributed by atoms with Gasteiger partial charge in [-0.2, -0.15) is 0 Å². The van der Waals surface area contributed by atoms with Gasteiger partial charge < -0.3 is 10.5 Å². The van der Waals surface area contributed by atoms with Crippen LogP contribution in [0.3, 0.4) is 0 Å². The molecule has 0 aliphatic heterocycles. The predicted molar refractivity (Wildman–Crippen MR) is 59.3 cm³/mol. The van der Waals surface area contributed by atoms with Crippen molar-refractivity contribution in [2.75, 3.05) is 12.8 Å². The zero-order valence-electron chi connectivity index (χ0n) is 7.21. The van der Waals surface area contributed by atoms with Crippen molar-refractivity contribution >= 4 is 34.2 Å². The number of hydrogen-bond donors (Lipinski definition) is 1. The monoisotopic (exact) mass is 291 g/mol. The molecule has 4 heteroatoms. The van der Waals surface area contributed by atoms with Gasteiger partial charge in [0.2, 0.25) is 0 Å². The number of methoxy groups -OCH3 is 1. The SMILES string of the molecule is COC(=O)Cc1c(N)cccc1I. The molecule has 2 N–H and O–H groups in total. The molecule has 0 aromatic heterocycles. The van der Waals surface area contributed by atoms with Crippen LogP contribution in [-0.2, 0) is 16.0 Å². The van der Waals surface area contributed by atoms with Crippen LogP contribution in [-0.4, -0.2) is 13.1 Å². The Morgan fingerprint density at radius 1 is 1.62 bits per heavy atom. The Bertz CT molecular complexity index is 305. The molecule has 0 aliphatic carbocycles. The summed E-state index contributed by atoms with van der Waals surface area (Å²) in [5.74, 6) is -0.268. The highest BCUT2D eigenvalue weighted by Crippen LogP contribution is 2.19. The molecule has 1 rings (SSSR count). The van der Waals surface area contributed by atoms with Crippen LogP contribution >= 0.6 is 22.6 Å². The van der Waals surface area contributed by atoms with Crippen molar-refractivity contribution < 1.29 is 9.53 Å². The molecule has 0 heterocycles. The summed E-state index contributed by atoms with van der Waals surface area (Å²) in [6.45, 7) is 0. The van der Waals surface area contributed by atoms with Gasteiger partial charge in [-0.3, -0.25) is 4.79 Å². The average molecular weight is 291 g/mol. The highest BCUT2D eigenvalue weighted by Gasteiger charge is 2.09. The lowest BCUT2D eigenvalue weighted by Crippen LogP contribution is -2.08. The predicted octanol–water partition coefficient (Wildman–Crippen LogP) is 1.59. The van der Waals surface area contributed by atoms with E-state index in [0.717, 1.165) is 9.13 Å². The normalized spacial score (nSPS) is 9.69. The van der Waals surface area contributed by atoms with E-state index < -0.39 is 0 Å². The van der Waals surface area contributed by atoms with Crippen LogP contribution in [0.25, 0.3) is 0 Å². The van der Waals surface area contributed by atoms with Crippen LogP contribution < -0.4 is 5.73 Å². The molecule has 0 aliphatic rings. The Kier molecular flexibility index (Phi) is 3.53. The van der Waals surface area contributed by atoms with Gasteiger partial charge in [0, 0.05) is 9.26 Å². The maximum Gasteiger partial charge on any atom is 0.310 e. The van der Waals surface area contributed by atoms with E-state index >= 15 is 0 Å². The molecule has 0 spiro atoms. The number of hydrogen-bond acceptors (Lipinski definition) is 3. The van der Waals surface area contributed by atoms with E-state index in [1.54, 1.807) is 6.07 Å². The smallest absolute Gasteiger partial charge is 0.310 e. The fraction of sp³-hybridized carbons (Fsp3) is 0.222. The largest absolute Gasteiger partial charge is 0.469 e. The van der Waals surface area contributed by atoms with Gasteiger partial charge in [0.25, 0.3) is 0 Å². The molecule has 13 heavy (non-hydrogen) atoms. The van der Waals surface area contributed by atoms with Crippen LogP contribution in [0.15, 0.2) is 18.2 Å². The lowest BCUT2D eigenvalue weighted by Gasteiger charge is -2.06. The summed E-state index contributed by atoms with van der Waals surface area (Å²) in [6.07, 6.45) is 0.238. The van der Waals surface area contributed by atoms with Crippen molar-refractivity contribution in [2.45, 2.75) is 6.42 Å². The summed E-state index contributed by atoms with van der Waals surface area (Å²) < 4.78 is 5.56. The standard InChI is InChI=1S/C9H10INO2/c1-13-9(12)5-6-7(10)3-2-4-8(6)11/h2-4H,5,11H2,1H3. The van der Waals surface area contributed by atoms with Crippen LogP contribution in [0.5, 0.6) is 0 Å². The molecule has 1 aromatic rings. The highest BCUT2D eigenvalue weighted by molar-refractivity contribution is 14.1. The molecule has 70 valence electrons. The second-order valence-corrected chi connectivity index (χ2v) is 3.72. The van der Waals surface area contributed by atoms with Gasteiger partial charge in [0.1, 0.15) is 0 Å². The number of anilines is 1. The quantitative estimate of drug-likeness (QED) is 0.511. The fourth-order valence-electron chi connectivity index (χ4n) is 0.978. The summed E-state index contributed by atoms with van der Waals surface area (Å²) in [5.41, 5.74) is 7.19. The van der Waals surface area contributed by atoms with Gasteiger partial charge in [-0.15, -0.1) is 0 Å². The van der Waals surface area contributed by atoms with Crippen LogP contribution in [0.1, 0.15) is 5.56 Å². The number of benzene rings is 1. The van der Waals surface area contributed by atoms with E-state index in [-0.39, 0.29) is 12.4 Å². The molecule has 1 aromatic carbocycles. The van der Waals surface area contributed by atoms with E-state index in [1.807, 2.05) is 12.1 Å². The van der Waals surface area contributed by atoms with E-state index in [2.05, 4.69) is 27.3 Å². The third-order valence-electron chi connectivity index (χ3n) is 1.70. The molecule has 0 amide bonds. The molecule has 0 saturated heterocycles. The number of nitrogen functional groups attached to an aromatic ring is 1. The number of esters is 1. The second-order valence-electron chi connectivity index (χ2n) is 2.56. The third-order valence-corrected chi connectivity index (χ3v) is 2.71. The van der Waals surface area contributed by atoms with Crippen molar-refractivity contribution in [1.29, 1.82) is 0 Å². The maximum atomic E-state index is 11.0. The van der Waals surface area contributed by atoms with Gasteiger partial charge in [-0.1, -0.05) is 6.07 Å². The van der Waals surface area contributed by atoms with E-state index in [1.165, 1.54) is 7.11 Å². The number of ether oxygens (including phenoxy) is 1. The number of rotatable bonds is 2. The summed E-state index contributed by atoms with van der Waals surface area (Å²) in [7, 11) is 1.37. The Morgan fingerprint density at radius 2 is 2.31 bits per heavy atom. The first-order valence-corrected chi connectivity index (χ1v) is 4.82. The minimum Gasteiger partial charge on any atom is -0.469 e. The number of carbonyl (C=O) groups is 1. The Labute approximate surface area is 90.4 Å². The Balaban J connectivity index is 2.93. The van der Waals surface area contributed by atoms with Gasteiger partial charge >= 0.3 is 5.97 Å². The fourth-order valence-corrected chi connectivity index (χ4v) is 1.69. The van der Waals surface area contributed by atoms with E-state index in [4.69, 9.17) is 5.73 Å². The average Bonchev–Trinajstić information content (AvgIpc) is 2.11. The van der Waals surface area contributed by atoms with Crippen LogP contribution in [0, 0.1) is 3.57 Å². The second kappa shape index (κ2) is 4.45. The Hall–Kier alpha value is -0.780. The third kappa shape index (κ3) is 2.58. The molecule has 0 bridgehead atoms. The summed E-state index contributed by atoms with van der Waals surface area (Å²) in [4.78, 5) is 11.0. The first kappa shape index (κ1) is 10.3. The number of carbonyl (C=O) groups excluding carboxylic acids is 1. The Morgan fingerprint density at radius 3 is 2.85 bits per heavy atom. The van der Waals surface area contributed by atoms with Gasteiger partial charge in [-0.05, 0) is 40.3 Å². The minimum atomic E-state index is -0.268. The molecule has 0 saturated carbocycles. The van der Waals surface area contributed by atoms with Crippen molar-refractivity contribution in [3.05, 3.63) is 27.3 Å². The molecular weight excluding hydrogens is 281 g/mol. The topological polar surface area (TPSA) is 52.3 Å². The number of nitrogens with two attached hydrogens (primary N) is 1. The highest BCUT2D eigenvalue weighted by atomic mass is 127. The summed E-state index contributed by atoms with van der Waals surface area (Å²) in [6, 6.07) is 5.55. The zero-order valence-corrected chi connectivity index (χ0v) is 9.37. The molecule has 0 radical (unpaired) electrons. The van der Waals surface area contributed by atoms with Gasteiger partial charge in [0.15, 0.2) is 0 Å². The zero-order chi connectivity index (χ0) is 9.84. The van der Waals surface area contributed by atoms with Crippen molar-refractivity contribution in [3.8, 4) is 0 Å². The number of halogens is 1. The van der Waals surface area contributed by atoms with Gasteiger partial charge in [-0.25, -0.2) is 0 Å². The molecule has 0 atom stereocenters. The minimum absolute atomic E-state index is 0.238. The summed E-state index contributed by atoms with van der Waals surface area (Å²) in [5, 5.41) is 0. The summed E-state index contributed by atoms with van der Waals surface area (Å²) >= 11 is 2.15. The molecular formula is C9H10INO2. The van der Waals surface area contributed by atoms with Crippen LogP contribution in [0.2, 0.25) is 0 Å². The molecule has 0 fully saturated rings. The van der Waals surface area contributed by atoms with Crippen molar-refractivity contribution in [2.24, 2.45) is 0 Å². The molecule has 0 unspecified atom stereocenters. The lowest BCUT2D eigenvalue weighted by molar-refractivity contribution is -0.139. The first-order chi connectivity index (χ1) is 6.15. The first-order valence-electron chi connectivity index (χ1n) is 3.75. The van der Waals surface area contributed by atoms with Crippen molar-refractivity contribution in [3.63, 3.8) is 0 Å².